The Bertz CT molecular complexity index is 977. The molecule has 1 aromatic carbocycles. The molecule has 0 fully saturated rings. The molecular formula is C23H25N5O. The minimum absolute atomic E-state index is 0.00275. The van der Waals surface area contributed by atoms with Gasteiger partial charge in [-0.15, -0.1) is 0 Å². The smallest absolute Gasteiger partial charge is 0.232 e. The van der Waals surface area contributed by atoms with Gasteiger partial charge in [0, 0.05) is 31.7 Å². The van der Waals surface area contributed by atoms with Gasteiger partial charge in [0.2, 0.25) is 11.9 Å². The Balaban J connectivity index is 1.51. The molecule has 1 unspecified atom stereocenters. The van der Waals surface area contributed by atoms with Crippen molar-refractivity contribution >= 4 is 11.9 Å². The lowest BCUT2D eigenvalue weighted by Gasteiger charge is -2.33. The van der Waals surface area contributed by atoms with Crippen LogP contribution in [0.25, 0.3) is 0 Å². The molecule has 2 N–H and O–H groups in total. The molecule has 4 rings (SSSR count). The van der Waals surface area contributed by atoms with Crippen LogP contribution >= 0.6 is 0 Å². The van der Waals surface area contributed by atoms with Crippen molar-refractivity contribution in [3.8, 4) is 0 Å². The number of benzene rings is 1. The van der Waals surface area contributed by atoms with E-state index in [-0.39, 0.29) is 5.91 Å². The van der Waals surface area contributed by atoms with Crippen LogP contribution in [-0.2, 0) is 29.7 Å². The lowest BCUT2D eigenvalue weighted by molar-refractivity contribution is -0.127. The van der Waals surface area contributed by atoms with Gasteiger partial charge in [-0.25, -0.2) is 9.97 Å². The summed E-state index contributed by atoms with van der Waals surface area (Å²) in [7, 11) is 0. The zero-order valence-electron chi connectivity index (χ0n) is 16.6. The maximum atomic E-state index is 13.1. The van der Waals surface area contributed by atoms with Crippen molar-refractivity contribution in [3.63, 3.8) is 0 Å². The lowest BCUT2D eigenvalue weighted by Crippen LogP contribution is -2.45. The Labute approximate surface area is 170 Å². The standard InChI is InChI=1S/C23H25N5O/c1-23(21(29)25-14-18-9-12-24-13-10-18)11-5-8-19-16-27-22(28-20(19)23)26-15-17-6-3-2-4-7-17/h2-4,6-7,9-10,12-13,16H,5,8,11,14-15H2,1H3,(H,25,29)(H,26,27,28). The molecule has 3 aromatic rings. The Hall–Kier alpha value is -3.28. The van der Waals surface area contributed by atoms with Crippen molar-refractivity contribution in [2.75, 3.05) is 5.32 Å². The average Bonchev–Trinajstić information content (AvgIpc) is 2.78. The molecule has 2 aromatic heterocycles. The molecule has 6 heteroatoms. The van der Waals surface area contributed by atoms with Crippen LogP contribution in [0, 0.1) is 0 Å². The van der Waals surface area contributed by atoms with Crippen LogP contribution in [0.5, 0.6) is 0 Å². The highest BCUT2D eigenvalue weighted by atomic mass is 16.2. The molecule has 0 bridgehead atoms. The zero-order valence-corrected chi connectivity index (χ0v) is 16.6. The van der Waals surface area contributed by atoms with Crippen molar-refractivity contribution in [1.29, 1.82) is 0 Å². The Morgan fingerprint density at radius 2 is 1.83 bits per heavy atom. The van der Waals surface area contributed by atoms with Gasteiger partial charge in [0.15, 0.2) is 0 Å². The van der Waals surface area contributed by atoms with Crippen molar-refractivity contribution in [3.05, 3.63) is 83.4 Å². The van der Waals surface area contributed by atoms with E-state index in [2.05, 4.69) is 32.7 Å². The van der Waals surface area contributed by atoms with Crippen LogP contribution in [0.4, 0.5) is 5.95 Å². The monoisotopic (exact) mass is 387 g/mol. The lowest BCUT2D eigenvalue weighted by atomic mass is 9.74. The third-order valence-electron chi connectivity index (χ3n) is 5.51. The van der Waals surface area contributed by atoms with Gasteiger partial charge in [0.1, 0.15) is 0 Å². The van der Waals surface area contributed by atoms with Crippen molar-refractivity contribution in [2.24, 2.45) is 0 Å². The van der Waals surface area contributed by atoms with Gasteiger partial charge in [-0.1, -0.05) is 30.3 Å². The van der Waals surface area contributed by atoms with Crippen LogP contribution in [0.2, 0.25) is 0 Å². The summed E-state index contributed by atoms with van der Waals surface area (Å²) >= 11 is 0. The van der Waals surface area contributed by atoms with E-state index in [0.29, 0.717) is 19.0 Å². The maximum Gasteiger partial charge on any atom is 0.232 e. The molecule has 0 radical (unpaired) electrons. The molecule has 0 saturated carbocycles. The van der Waals surface area contributed by atoms with Gasteiger partial charge in [-0.2, -0.15) is 0 Å². The molecule has 0 spiro atoms. The highest BCUT2D eigenvalue weighted by Crippen LogP contribution is 2.36. The number of nitrogens with zero attached hydrogens (tertiary/aromatic N) is 3. The Morgan fingerprint density at radius 1 is 1.07 bits per heavy atom. The molecule has 1 atom stereocenters. The Morgan fingerprint density at radius 3 is 2.62 bits per heavy atom. The number of aryl methyl sites for hydroxylation is 1. The Kier molecular flexibility index (Phi) is 5.51. The molecule has 1 aliphatic rings. The normalized spacial score (nSPS) is 18.0. The second-order valence-electron chi connectivity index (χ2n) is 7.63. The number of hydrogen-bond donors (Lipinski definition) is 2. The summed E-state index contributed by atoms with van der Waals surface area (Å²) in [5, 5.41) is 6.36. The topological polar surface area (TPSA) is 79.8 Å². The fourth-order valence-corrected chi connectivity index (χ4v) is 3.78. The summed E-state index contributed by atoms with van der Waals surface area (Å²) < 4.78 is 0. The fourth-order valence-electron chi connectivity index (χ4n) is 3.78. The molecular weight excluding hydrogens is 362 g/mol. The van der Waals surface area contributed by atoms with Crippen molar-refractivity contribution in [1.82, 2.24) is 20.3 Å². The number of carbonyl (C=O) groups is 1. The number of aromatic nitrogens is 3. The summed E-state index contributed by atoms with van der Waals surface area (Å²) in [5.41, 5.74) is 3.42. The minimum Gasteiger partial charge on any atom is -0.351 e. The zero-order chi connectivity index (χ0) is 20.1. The average molecular weight is 387 g/mol. The van der Waals surface area contributed by atoms with Crippen LogP contribution in [-0.4, -0.2) is 20.9 Å². The molecule has 1 aliphatic carbocycles. The molecule has 29 heavy (non-hydrogen) atoms. The van der Waals surface area contributed by atoms with Crippen LogP contribution in [0.3, 0.4) is 0 Å². The summed E-state index contributed by atoms with van der Waals surface area (Å²) in [5.74, 6) is 0.561. The van der Waals surface area contributed by atoms with Crippen LogP contribution in [0.1, 0.15) is 42.1 Å². The van der Waals surface area contributed by atoms with Crippen molar-refractivity contribution < 1.29 is 4.79 Å². The van der Waals surface area contributed by atoms with Crippen LogP contribution in [0.15, 0.2) is 61.1 Å². The predicted octanol–water partition coefficient (Wildman–Crippen LogP) is 3.39. The predicted molar refractivity (Wildman–Crippen MR) is 112 cm³/mol. The van der Waals surface area contributed by atoms with Gasteiger partial charge in [-0.3, -0.25) is 9.78 Å². The number of anilines is 1. The minimum atomic E-state index is -0.660. The summed E-state index contributed by atoms with van der Waals surface area (Å²) in [4.78, 5) is 26.4. The highest BCUT2D eigenvalue weighted by molar-refractivity contribution is 5.88. The second-order valence-corrected chi connectivity index (χ2v) is 7.63. The molecule has 0 saturated heterocycles. The number of hydrogen-bond acceptors (Lipinski definition) is 5. The second kappa shape index (κ2) is 8.39. The van der Waals surface area contributed by atoms with E-state index in [1.807, 2.05) is 43.5 Å². The van der Waals surface area contributed by atoms with E-state index < -0.39 is 5.41 Å². The molecule has 2 heterocycles. The van der Waals surface area contributed by atoms with Gasteiger partial charge in [0.25, 0.3) is 0 Å². The number of rotatable bonds is 6. The third-order valence-corrected chi connectivity index (χ3v) is 5.51. The third kappa shape index (κ3) is 4.26. The van der Waals surface area contributed by atoms with Gasteiger partial charge in [-0.05, 0) is 55.0 Å². The van der Waals surface area contributed by atoms with Crippen LogP contribution < -0.4 is 10.6 Å². The highest BCUT2D eigenvalue weighted by Gasteiger charge is 2.40. The summed E-state index contributed by atoms with van der Waals surface area (Å²) in [6.45, 7) is 3.11. The SMILES string of the molecule is CC1(C(=O)NCc2ccncc2)CCCc2cnc(NCc3ccccc3)nc21. The number of carbonyl (C=O) groups excluding carboxylic acids is 1. The van der Waals surface area contributed by atoms with Gasteiger partial charge >= 0.3 is 0 Å². The molecule has 1 amide bonds. The van der Waals surface area contributed by atoms with Crippen molar-refractivity contribution in [2.45, 2.75) is 44.7 Å². The number of amides is 1. The number of nitrogens with one attached hydrogen (secondary N) is 2. The fraction of sp³-hybridized carbons (Fsp3) is 0.304. The largest absolute Gasteiger partial charge is 0.351 e. The number of fused-ring (bicyclic) bond motifs is 1. The first-order chi connectivity index (χ1) is 14.1. The molecule has 0 aliphatic heterocycles. The van der Waals surface area contributed by atoms with Gasteiger partial charge < -0.3 is 10.6 Å². The first-order valence-corrected chi connectivity index (χ1v) is 9.96. The maximum absolute atomic E-state index is 13.1. The molecule has 148 valence electrons. The first-order valence-electron chi connectivity index (χ1n) is 9.96. The number of pyridine rings is 1. The van der Waals surface area contributed by atoms with Gasteiger partial charge in [0.05, 0.1) is 11.1 Å². The van der Waals surface area contributed by atoms with E-state index in [1.54, 1.807) is 12.4 Å². The first kappa shape index (κ1) is 19.1. The van der Waals surface area contributed by atoms with E-state index >= 15 is 0 Å². The van der Waals surface area contributed by atoms with E-state index in [1.165, 1.54) is 0 Å². The van der Waals surface area contributed by atoms with E-state index in [4.69, 9.17) is 4.98 Å². The quantitative estimate of drug-likeness (QED) is 0.678. The van der Waals surface area contributed by atoms with E-state index in [9.17, 15) is 4.79 Å². The van der Waals surface area contributed by atoms with E-state index in [0.717, 1.165) is 41.6 Å². The summed E-state index contributed by atoms with van der Waals surface area (Å²) in [6, 6.07) is 13.9. The summed E-state index contributed by atoms with van der Waals surface area (Å²) in [6.07, 6.45) is 7.96. The molecule has 6 nitrogen and oxygen atoms in total.